The lowest BCUT2D eigenvalue weighted by Crippen LogP contribution is -2.42. The summed E-state index contributed by atoms with van der Waals surface area (Å²) in [4.78, 5) is 17.3. The Morgan fingerprint density at radius 3 is 2.32 bits per heavy atom. The summed E-state index contributed by atoms with van der Waals surface area (Å²) >= 11 is 0. The van der Waals surface area contributed by atoms with Crippen LogP contribution in [0.2, 0.25) is 0 Å². The number of halogens is 4. The molecule has 8 heteroatoms. The Morgan fingerprint density at radius 2 is 1.71 bits per heavy atom. The van der Waals surface area contributed by atoms with Gasteiger partial charge in [0.15, 0.2) is 0 Å². The lowest BCUT2D eigenvalue weighted by atomic mass is 9.87. The van der Waals surface area contributed by atoms with Crippen LogP contribution in [0.3, 0.4) is 0 Å². The van der Waals surface area contributed by atoms with E-state index in [-0.39, 0.29) is 23.8 Å². The average Bonchev–Trinajstić information content (AvgIpc) is 3.29. The van der Waals surface area contributed by atoms with E-state index in [2.05, 4.69) is 4.90 Å². The van der Waals surface area contributed by atoms with Gasteiger partial charge in [-0.25, -0.2) is 4.39 Å². The predicted molar refractivity (Wildman–Crippen MR) is 139 cm³/mol. The zero-order chi connectivity index (χ0) is 27.4. The van der Waals surface area contributed by atoms with E-state index in [0.717, 1.165) is 17.4 Å². The Morgan fingerprint density at radius 1 is 1.03 bits per heavy atom. The maximum Gasteiger partial charge on any atom is 0.416 e. The molecular weight excluding hydrogens is 496 g/mol. The Bertz CT molecular complexity index is 1230. The highest BCUT2D eigenvalue weighted by molar-refractivity contribution is 5.94. The molecule has 0 radical (unpaired) electrons. The minimum Gasteiger partial charge on any atom is -0.497 e. The number of alkyl halides is 3. The maximum absolute atomic E-state index is 13.5. The Kier molecular flexibility index (Phi) is 8.41. The van der Waals surface area contributed by atoms with Gasteiger partial charge in [0, 0.05) is 43.7 Å². The number of rotatable bonds is 8. The van der Waals surface area contributed by atoms with Gasteiger partial charge in [-0.2, -0.15) is 13.2 Å². The van der Waals surface area contributed by atoms with Gasteiger partial charge in [-0.3, -0.25) is 9.69 Å². The van der Waals surface area contributed by atoms with E-state index < -0.39 is 17.6 Å². The van der Waals surface area contributed by atoms with Crippen molar-refractivity contribution in [1.29, 1.82) is 0 Å². The van der Waals surface area contributed by atoms with Crippen LogP contribution in [0.5, 0.6) is 5.75 Å². The quantitative estimate of drug-likeness (QED) is 0.308. The van der Waals surface area contributed by atoms with E-state index >= 15 is 0 Å². The largest absolute Gasteiger partial charge is 0.497 e. The van der Waals surface area contributed by atoms with Gasteiger partial charge in [0.1, 0.15) is 11.6 Å². The number of carbonyl (C=O) groups is 1. The molecule has 202 valence electrons. The highest BCUT2D eigenvalue weighted by Gasteiger charge is 2.38. The molecule has 4 nitrogen and oxygen atoms in total. The fraction of sp³-hybridized carbons (Fsp3) is 0.367. The number of ether oxygens (including phenoxy) is 1. The van der Waals surface area contributed by atoms with Gasteiger partial charge in [-0.15, -0.1) is 0 Å². The standard InChI is InChI=1S/C30H32F4N2O2/c1-20(2)36(29(37)22-9-11-26(31)12-10-22)18-24-17-35(16-21-7-13-27(38-3)14-8-21)19-28(24)23-5-4-6-25(15-23)30(32,33)34/h4-15,20,24,28H,16-19H2,1-3H3/t24-,28-/m0/s1. The SMILES string of the molecule is COc1ccc(CN2C[C@@H](CN(C(=O)c3ccc(F)cc3)C(C)C)[C@H](c3cccc(C(F)(F)F)c3)C2)cc1. The van der Waals surface area contributed by atoms with Crippen molar-refractivity contribution in [2.45, 2.75) is 38.5 Å². The average molecular weight is 529 g/mol. The number of nitrogens with zero attached hydrogens (tertiary/aromatic N) is 2. The van der Waals surface area contributed by atoms with Gasteiger partial charge >= 0.3 is 6.18 Å². The molecule has 0 aliphatic carbocycles. The van der Waals surface area contributed by atoms with Gasteiger partial charge < -0.3 is 9.64 Å². The van der Waals surface area contributed by atoms with Gasteiger partial charge in [0.2, 0.25) is 0 Å². The number of hydrogen-bond donors (Lipinski definition) is 0. The number of hydrogen-bond acceptors (Lipinski definition) is 3. The van der Waals surface area contributed by atoms with Gasteiger partial charge in [-0.05, 0) is 73.4 Å². The molecule has 2 atom stereocenters. The van der Waals surface area contributed by atoms with Gasteiger partial charge in [-0.1, -0.05) is 30.3 Å². The van der Waals surface area contributed by atoms with Crippen LogP contribution in [0.4, 0.5) is 17.6 Å². The molecule has 1 aliphatic rings. The highest BCUT2D eigenvalue weighted by atomic mass is 19.4. The third-order valence-electron chi connectivity index (χ3n) is 7.13. The van der Waals surface area contributed by atoms with E-state index in [1.165, 1.54) is 36.4 Å². The Hall–Kier alpha value is -3.39. The summed E-state index contributed by atoms with van der Waals surface area (Å²) in [5, 5.41) is 0. The van der Waals surface area contributed by atoms with Crippen LogP contribution >= 0.6 is 0 Å². The van der Waals surface area contributed by atoms with Crippen LogP contribution in [-0.4, -0.2) is 48.5 Å². The molecule has 1 amide bonds. The van der Waals surface area contributed by atoms with E-state index in [0.29, 0.717) is 37.3 Å². The minimum absolute atomic E-state index is 0.0940. The fourth-order valence-electron chi connectivity index (χ4n) is 5.13. The summed E-state index contributed by atoms with van der Waals surface area (Å²) in [6.45, 7) is 5.99. The number of amides is 1. The lowest BCUT2D eigenvalue weighted by Gasteiger charge is -2.32. The first kappa shape index (κ1) is 27.6. The molecule has 1 fully saturated rings. The third kappa shape index (κ3) is 6.54. The smallest absolute Gasteiger partial charge is 0.416 e. The second-order valence-corrected chi connectivity index (χ2v) is 10.1. The van der Waals surface area contributed by atoms with Crippen molar-refractivity contribution in [1.82, 2.24) is 9.80 Å². The van der Waals surface area contributed by atoms with Crippen molar-refractivity contribution in [2.24, 2.45) is 5.92 Å². The number of likely N-dealkylation sites (tertiary alicyclic amines) is 1. The molecule has 1 saturated heterocycles. The number of methoxy groups -OCH3 is 1. The normalized spacial score (nSPS) is 18.1. The summed E-state index contributed by atoms with van der Waals surface area (Å²) in [5.74, 6) is -0.188. The molecule has 0 unspecified atom stereocenters. The van der Waals surface area contributed by atoms with Gasteiger partial charge in [0.05, 0.1) is 12.7 Å². The summed E-state index contributed by atoms with van der Waals surface area (Å²) in [5.41, 5.74) is 1.38. The van der Waals surface area contributed by atoms with Crippen molar-refractivity contribution >= 4 is 5.91 Å². The Labute approximate surface area is 220 Å². The second-order valence-electron chi connectivity index (χ2n) is 10.1. The molecule has 38 heavy (non-hydrogen) atoms. The van der Waals surface area contributed by atoms with Crippen LogP contribution < -0.4 is 4.74 Å². The van der Waals surface area contributed by atoms with Gasteiger partial charge in [0.25, 0.3) is 5.91 Å². The van der Waals surface area contributed by atoms with Crippen molar-refractivity contribution in [3.05, 3.63) is 101 Å². The molecule has 4 rings (SSSR count). The number of benzene rings is 3. The zero-order valence-electron chi connectivity index (χ0n) is 21.7. The lowest BCUT2D eigenvalue weighted by molar-refractivity contribution is -0.137. The summed E-state index contributed by atoms with van der Waals surface area (Å²) < 4.78 is 59.2. The number of carbonyl (C=O) groups excluding carboxylic acids is 1. The maximum atomic E-state index is 13.5. The second kappa shape index (κ2) is 11.6. The van der Waals surface area contributed by atoms with Crippen LogP contribution in [0.15, 0.2) is 72.8 Å². The molecule has 0 saturated carbocycles. The van der Waals surface area contributed by atoms with Crippen molar-refractivity contribution in [3.8, 4) is 5.75 Å². The molecule has 3 aromatic carbocycles. The monoisotopic (exact) mass is 528 g/mol. The van der Waals surface area contributed by atoms with Crippen molar-refractivity contribution in [3.63, 3.8) is 0 Å². The summed E-state index contributed by atoms with van der Waals surface area (Å²) in [7, 11) is 1.60. The first-order valence-electron chi connectivity index (χ1n) is 12.6. The molecule has 0 bridgehead atoms. The van der Waals surface area contributed by atoms with Crippen LogP contribution in [-0.2, 0) is 12.7 Å². The molecule has 1 heterocycles. The van der Waals surface area contributed by atoms with Crippen LogP contribution in [0, 0.1) is 11.7 Å². The highest BCUT2D eigenvalue weighted by Crippen LogP contribution is 2.38. The molecule has 1 aliphatic heterocycles. The Balaban J connectivity index is 1.61. The molecular formula is C30H32F4N2O2. The predicted octanol–water partition coefficient (Wildman–Crippen LogP) is 6.62. The first-order chi connectivity index (χ1) is 18.0. The van der Waals surface area contributed by atoms with Crippen LogP contribution in [0.1, 0.15) is 46.8 Å². The van der Waals surface area contributed by atoms with Crippen molar-refractivity contribution < 1.29 is 27.1 Å². The molecule has 3 aromatic rings. The molecule has 0 aromatic heterocycles. The van der Waals surface area contributed by atoms with E-state index in [9.17, 15) is 22.4 Å². The minimum atomic E-state index is -4.44. The van der Waals surface area contributed by atoms with Crippen LogP contribution in [0.25, 0.3) is 0 Å². The zero-order valence-corrected chi connectivity index (χ0v) is 21.7. The fourth-order valence-corrected chi connectivity index (χ4v) is 5.13. The van der Waals surface area contributed by atoms with Crippen molar-refractivity contribution in [2.75, 3.05) is 26.7 Å². The van der Waals surface area contributed by atoms with E-state index in [1.807, 2.05) is 38.1 Å². The molecule has 0 spiro atoms. The first-order valence-corrected chi connectivity index (χ1v) is 12.6. The topological polar surface area (TPSA) is 32.8 Å². The van der Waals surface area contributed by atoms with E-state index in [1.54, 1.807) is 18.1 Å². The third-order valence-corrected chi connectivity index (χ3v) is 7.13. The summed E-state index contributed by atoms with van der Waals surface area (Å²) in [6.07, 6.45) is -4.44. The van der Waals surface area contributed by atoms with E-state index in [4.69, 9.17) is 4.74 Å². The molecule has 0 N–H and O–H groups in total. The summed E-state index contributed by atoms with van der Waals surface area (Å²) in [6, 6.07) is 18.5.